The summed E-state index contributed by atoms with van der Waals surface area (Å²) in [5, 5.41) is 3.48. The molecule has 1 fully saturated rings. The van der Waals surface area contributed by atoms with Gasteiger partial charge in [0.15, 0.2) is 11.5 Å². The smallest absolute Gasteiger partial charge is 0.183 e. The number of aromatic nitrogens is 1. The minimum atomic E-state index is 0.0236. The molecule has 1 aromatic rings. The molecule has 0 radical (unpaired) electrons. The van der Waals surface area contributed by atoms with Crippen LogP contribution in [0.4, 0.5) is 0 Å². The Morgan fingerprint density at radius 3 is 2.89 bits per heavy atom. The van der Waals surface area contributed by atoms with Crippen molar-refractivity contribution in [2.75, 3.05) is 27.4 Å². The minimum absolute atomic E-state index is 0.0236. The van der Waals surface area contributed by atoms with E-state index in [4.69, 9.17) is 14.2 Å². The zero-order valence-corrected chi connectivity index (χ0v) is 11.2. The van der Waals surface area contributed by atoms with Crippen LogP contribution < -0.4 is 14.8 Å². The number of nitrogens with one attached hydrogen (secondary N) is 1. The Hall–Kier alpha value is -1.33. The van der Waals surface area contributed by atoms with Crippen molar-refractivity contribution in [2.24, 2.45) is 0 Å². The topological polar surface area (TPSA) is 52.6 Å². The van der Waals surface area contributed by atoms with Crippen LogP contribution in [-0.2, 0) is 11.3 Å². The first kappa shape index (κ1) is 13.1. The third-order valence-electron chi connectivity index (χ3n) is 3.27. The van der Waals surface area contributed by atoms with Crippen molar-refractivity contribution in [1.82, 2.24) is 10.3 Å². The summed E-state index contributed by atoms with van der Waals surface area (Å²) in [4.78, 5) is 4.34. The van der Waals surface area contributed by atoms with Crippen molar-refractivity contribution < 1.29 is 14.2 Å². The third kappa shape index (κ3) is 2.73. The van der Waals surface area contributed by atoms with E-state index in [0.717, 1.165) is 25.3 Å². The summed E-state index contributed by atoms with van der Waals surface area (Å²) in [6, 6.07) is 1.79. The van der Waals surface area contributed by atoms with Crippen LogP contribution in [-0.4, -0.2) is 38.0 Å². The van der Waals surface area contributed by atoms with Crippen LogP contribution in [0.1, 0.15) is 19.0 Å². The summed E-state index contributed by atoms with van der Waals surface area (Å²) in [6.07, 6.45) is 2.74. The first-order valence-corrected chi connectivity index (χ1v) is 6.07. The molecule has 1 aliphatic heterocycles. The van der Waals surface area contributed by atoms with Gasteiger partial charge in [-0.1, -0.05) is 0 Å². The molecule has 0 aliphatic carbocycles. The molecular weight excluding hydrogens is 232 g/mol. The van der Waals surface area contributed by atoms with Crippen molar-refractivity contribution in [2.45, 2.75) is 25.4 Å². The molecule has 18 heavy (non-hydrogen) atoms. The van der Waals surface area contributed by atoms with Crippen molar-refractivity contribution in [3.8, 4) is 11.5 Å². The van der Waals surface area contributed by atoms with Crippen molar-refractivity contribution in [3.63, 3.8) is 0 Å². The quantitative estimate of drug-likeness (QED) is 0.857. The van der Waals surface area contributed by atoms with E-state index in [-0.39, 0.29) is 5.54 Å². The number of ether oxygens (including phenoxy) is 3. The van der Waals surface area contributed by atoms with Gasteiger partial charge >= 0.3 is 0 Å². The maximum absolute atomic E-state index is 5.41. The lowest BCUT2D eigenvalue weighted by atomic mass is 10.0. The van der Waals surface area contributed by atoms with E-state index in [1.165, 1.54) is 0 Å². The van der Waals surface area contributed by atoms with Crippen LogP contribution in [0, 0.1) is 0 Å². The summed E-state index contributed by atoms with van der Waals surface area (Å²) in [5.41, 5.74) is 0.875. The summed E-state index contributed by atoms with van der Waals surface area (Å²) in [5.74, 6) is 1.40. The predicted molar refractivity (Wildman–Crippen MR) is 68.0 cm³/mol. The Balaban J connectivity index is 2.09. The normalized spacial score (nSPS) is 23.1. The second-order valence-electron chi connectivity index (χ2n) is 4.71. The van der Waals surface area contributed by atoms with Gasteiger partial charge in [-0.25, -0.2) is 0 Å². The highest BCUT2D eigenvalue weighted by Gasteiger charge is 2.29. The SMILES string of the molecule is COc1ccnc(CNC2(C)CCOC2)c1OC. The van der Waals surface area contributed by atoms with E-state index in [2.05, 4.69) is 17.2 Å². The zero-order valence-electron chi connectivity index (χ0n) is 11.2. The number of rotatable bonds is 5. The Morgan fingerprint density at radius 1 is 1.44 bits per heavy atom. The molecular formula is C13H20N2O3. The monoisotopic (exact) mass is 252 g/mol. The first-order chi connectivity index (χ1) is 8.68. The Morgan fingerprint density at radius 2 is 2.28 bits per heavy atom. The highest BCUT2D eigenvalue weighted by atomic mass is 16.5. The molecule has 5 nitrogen and oxygen atoms in total. The summed E-state index contributed by atoms with van der Waals surface area (Å²) >= 11 is 0. The van der Waals surface area contributed by atoms with E-state index in [0.29, 0.717) is 18.0 Å². The summed E-state index contributed by atoms with van der Waals surface area (Å²) in [6.45, 7) is 4.35. The van der Waals surface area contributed by atoms with Crippen LogP contribution in [0.15, 0.2) is 12.3 Å². The average Bonchev–Trinajstić information content (AvgIpc) is 2.83. The van der Waals surface area contributed by atoms with Gasteiger partial charge in [0, 0.05) is 31.0 Å². The molecule has 1 N–H and O–H groups in total. The van der Waals surface area contributed by atoms with Crippen molar-refractivity contribution in [3.05, 3.63) is 18.0 Å². The van der Waals surface area contributed by atoms with E-state index >= 15 is 0 Å². The number of hydrogen-bond acceptors (Lipinski definition) is 5. The zero-order chi connectivity index (χ0) is 13.0. The lowest BCUT2D eigenvalue weighted by Crippen LogP contribution is -2.42. The number of methoxy groups -OCH3 is 2. The molecule has 100 valence electrons. The highest BCUT2D eigenvalue weighted by Crippen LogP contribution is 2.29. The second-order valence-corrected chi connectivity index (χ2v) is 4.71. The molecule has 0 bridgehead atoms. The van der Waals surface area contributed by atoms with Gasteiger partial charge in [-0.3, -0.25) is 4.98 Å². The molecule has 0 aromatic carbocycles. The van der Waals surface area contributed by atoms with Crippen LogP contribution in [0.2, 0.25) is 0 Å². The second kappa shape index (κ2) is 5.54. The fourth-order valence-corrected chi connectivity index (χ4v) is 2.08. The first-order valence-electron chi connectivity index (χ1n) is 6.07. The molecule has 2 rings (SSSR count). The molecule has 1 saturated heterocycles. The Bertz CT molecular complexity index is 403. The molecule has 1 aromatic heterocycles. The van der Waals surface area contributed by atoms with Crippen LogP contribution in [0.3, 0.4) is 0 Å². The molecule has 5 heteroatoms. The van der Waals surface area contributed by atoms with Gasteiger partial charge in [0.1, 0.15) is 0 Å². The molecule has 0 spiro atoms. The van der Waals surface area contributed by atoms with Crippen LogP contribution in [0.25, 0.3) is 0 Å². The summed E-state index contributed by atoms with van der Waals surface area (Å²) < 4.78 is 16.0. The lowest BCUT2D eigenvalue weighted by molar-refractivity contribution is 0.171. The van der Waals surface area contributed by atoms with E-state index in [1.807, 2.05) is 0 Å². The fourth-order valence-electron chi connectivity index (χ4n) is 2.08. The highest BCUT2D eigenvalue weighted by molar-refractivity contribution is 5.42. The van der Waals surface area contributed by atoms with Gasteiger partial charge in [0.05, 0.1) is 26.5 Å². The molecule has 1 atom stereocenters. The average molecular weight is 252 g/mol. The lowest BCUT2D eigenvalue weighted by Gasteiger charge is -2.24. The van der Waals surface area contributed by atoms with Gasteiger partial charge in [0.2, 0.25) is 0 Å². The van der Waals surface area contributed by atoms with Crippen LogP contribution in [0.5, 0.6) is 11.5 Å². The number of nitrogens with zero attached hydrogens (tertiary/aromatic N) is 1. The largest absolute Gasteiger partial charge is 0.493 e. The molecule has 2 heterocycles. The van der Waals surface area contributed by atoms with E-state index in [9.17, 15) is 0 Å². The molecule has 0 saturated carbocycles. The third-order valence-corrected chi connectivity index (χ3v) is 3.27. The molecule has 1 aliphatic rings. The van der Waals surface area contributed by atoms with Gasteiger partial charge in [0.25, 0.3) is 0 Å². The van der Waals surface area contributed by atoms with Gasteiger partial charge in [-0.05, 0) is 13.3 Å². The van der Waals surface area contributed by atoms with E-state index < -0.39 is 0 Å². The maximum atomic E-state index is 5.41. The number of hydrogen-bond donors (Lipinski definition) is 1. The Kier molecular flexibility index (Phi) is 4.04. The summed E-state index contributed by atoms with van der Waals surface area (Å²) in [7, 11) is 3.25. The maximum Gasteiger partial charge on any atom is 0.183 e. The minimum Gasteiger partial charge on any atom is -0.493 e. The fraction of sp³-hybridized carbons (Fsp3) is 0.615. The van der Waals surface area contributed by atoms with Gasteiger partial charge < -0.3 is 19.5 Å². The Labute approximate surface area is 107 Å². The molecule has 1 unspecified atom stereocenters. The van der Waals surface area contributed by atoms with Crippen molar-refractivity contribution >= 4 is 0 Å². The van der Waals surface area contributed by atoms with Crippen LogP contribution >= 0.6 is 0 Å². The standard InChI is InChI=1S/C13H20N2O3/c1-13(5-7-18-9-13)15-8-10-12(17-3)11(16-2)4-6-14-10/h4,6,15H,5,7-9H2,1-3H3. The van der Waals surface area contributed by atoms with Crippen molar-refractivity contribution in [1.29, 1.82) is 0 Å². The molecule has 0 amide bonds. The number of pyridine rings is 1. The van der Waals surface area contributed by atoms with E-state index in [1.54, 1.807) is 26.5 Å². The van der Waals surface area contributed by atoms with Gasteiger partial charge in [-0.2, -0.15) is 0 Å². The predicted octanol–water partition coefficient (Wildman–Crippen LogP) is 1.37. The van der Waals surface area contributed by atoms with Gasteiger partial charge in [-0.15, -0.1) is 0 Å².